The van der Waals surface area contributed by atoms with Gasteiger partial charge >= 0.3 is 0 Å². The lowest BCUT2D eigenvalue weighted by atomic mass is 9.77. The predicted octanol–water partition coefficient (Wildman–Crippen LogP) is 4.95. The highest BCUT2D eigenvalue weighted by molar-refractivity contribution is 5.20. The lowest BCUT2D eigenvalue weighted by Gasteiger charge is -2.31. The summed E-state index contributed by atoms with van der Waals surface area (Å²) in [6, 6.07) is 4.61. The Labute approximate surface area is 128 Å². The molecule has 21 heavy (non-hydrogen) atoms. The van der Waals surface area contributed by atoms with E-state index in [1.807, 2.05) is 0 Å². The van der Waals surface area contributed by atoms with E-state index in [0.717, 1.165) is 19.4 Å². The van der Waals surface area contributed by atoms with Crippen LogP contribution in [0.1, 0.15) is 53.0 Å². The van der Waals surface area contributed by atoms with Crippen molar-refractivity contribution in [3.05, 3.63) is 35.4 Å². The van der Waals surface area contributed by atoms with Gasteiger partial charge in [-0.1, -0.05) is 46.8 Å². The number of benzene rings is 1. The van der Waals surface area contributed by atoms with E-state index >= 15 is 0 Å². The third-order valence-electron chi connectivity index (χ3n) is 4.30. The van der Waals surface area contributed by atoms with Gasteiger partial charge in [-0.05, 0) is 48.8 Å². The summed E-state index contributed by atoms with van der Waals surface area (Å²) in [7, 11) is 0. The van der Waals surface area contributed by atoms with Crippen LogP contribution in [0.15, 0.2) is 18.2 Å². The van der Waals surface area contributed by atoms with E-state index in [1.165, 1.54) is 6.07 Å². The number of halogens is 2. The summed E-state index contributed by atoms with van der Waals surface area (Å²) in [4.78, 5) is 0. The maximum absolute atomic E-state index is 13.9. The van der Waals surface area contributed by atoms with Crippen LogP contribution >= 0.6 is 0 Å². The molecule has 1 nitrogen and oxygen atoms in total. The molecule has 0 spiro atoms. The average Bonchev–Trinajstić information content (AvgIpc) is 2.40. The van der Waals surface area contributed by atoms with E-state index in [4.69, 9.17) is 0 Å². The van der Waals surface area contributed by atoms with Crippen LogP contribution in [0, 0.1) is 23.0 Å². The molecule has 3 heteroatoms. The monoisotopic (exact) mass is 297 g/mol. The molecule has 0 aliphatic heterocycles. The van der Waals surface area contributed by atoms with Crippen molar-refractivity contribution in [2.75, 3.05) is 6.54 Å². The molecule has 0 aliphatic carbocycles. The van der Waals surface area contributed by atoms with E-state index in [-0.39, 0.29) is 11.5 Å². The smallest absolute Gasteiger partial charge is 0.162 e. The summed E-state index contributed by atoms with van der Waals surface area (Å²) in [5, 5.41) is 3.48. The molecule has 2 atom stereocenters. The topological polar surface area (TPSA) is 12.0 Å². The summed E-state index contributed by atoms with van der Waals surface area (Å²) in [5.74, 6) is -0.960. The van der Waals surface area contributed by atoms with Crippen LogP contribution in [0.3, 0.4) is 0 Å². The normalized spacial score (nSPS) is 15.0. The Balaban J connectivity index is 2.80. The zero-order chi connectivity index (χ0) is 16.0. The Kier molecular flexibility index (Phi) is 6.79. The summed E-state index contributed by atoms with van der Waals surface area (Å²) < 4.78 is 27.2. The lowest BCUT2D eigenvalue weighted by Crippen LogP contribution is -2.36. The SMILES string of the molecule is CCCNC(Cc1cccc(F)c1F)CC(C)C(C)(C)C. The van der Waals surface area contributed by atoms with Crippen molar-refractivity contribution >= 4 is 0 Å². The predicted molar refractivity (Wildman–Crippen MR) is 85.4 cm³/mol. The number of nitrogens with one attached hydrogen (secondary N) is 1. The molecule has 2 unspecified atom stereocenters. The van der Waals surface area contributed by atoms with Crippen LogP contribution in [-0.4, -0.2) is 12.6 Å². The minimum atomic E-state index is -0.759. The first-order valence-corrected chi connectivity index (χ1v) is 7.92. The van der Waals surface area contributed by atoms with Crippen LogP contribution in [0.5, 0.6) is 0 Å². The van der Waals surface area contributed by atoms with E-state index < -0.39 is 11.6 Å². The highest BCUT2D eigenvalue weighted by Gasteiger charge is 2.24. The highest BCUT2D eigenvalue weighted by Crippen LogP contribution is 2.30. The Bertz CT molecular complexity index is 437. The van der Waals surface area contributed by atoms with Crippen LogP contribution < -0.4 is 5.32 Å². The Morgan fingerprint density at radius 1 is 1.19 bits per heavy atom. The number of hydrogen-bond acceptors (Lipinski definition) is 1. The van der Waals surface area contributed by atoms with E-state index in [0.29, 0.717) is 17.9 Å². The van der Waals surface area contributed by atoms with Gasteiger partial charge in [0.15, 0.2) is 11.6 Å². The van der Waals surface area contributed by atoms with Gasteiger partial charge in [-0.25, -0.2) is 8.78 Å². The molecule has 0 heterocycles. The fourth-order valence-electron chi connectivity index (χ4n) is 2.34. The Morgan fingerprint density at radius 2 is 1.86 bits per heavy atom. The van der Waals surface area contributed by atoms with E-state index in [2.05, 4.69) is 39.9 Å². The van der Waals surface area contributed by atoms with E-state index in [9.17, 15) is 8.78 Å². The summed E-state index contributed by atoms with van der Waals surface area (Å²) in [6.45, 7) is 11.9. The molecule has 0 saturated heterocycles. The number of hydrogen-bond donors (Lipinski definition) is 1. The Hall–Kier alpha value is -0.960. The second-order valence-corrected chi connectivity index (χ2v) is 7.07. The first-order chi connectivity index (χ1) is 9.75. The number of rotatable bonds is 7. The lowest BCUT2D eigenvalue weighted by molar-refractivity contribution is 0.221. The van der Waals surface area contributed by atoms with Crippen LogP contribution in [0.2, 0.25) is 0 Å². The second-order valence-electron chi connectivity index (χ2n) is 7.07. The van der Waals surface area contributed by atoms with Gasteiger partial charge in [0, 0.05) is 6.04 Å². The Morgan fingerprint density at radius 3 is 2.43 bits per heavy atom. The molecule has 0 radical (unpaired) electrons. The standard InChI is InChI=1S/C18H29F2N/c1-6-10-21-15(11-13(2)18(3,4)5)12-14-8-7-9-16(19)17(14)20/h7-9,13,15,21H,6,10-12H2,1-5H3. The third kappa shape index (κ3) is 5.74. The van der Waals surface area contributed by atoms with Crippen LogP contribution in [0.4, 0.5) is 8.78 Å². The molecule has 0 aromatic heterocycles. The minimum Gasteiger partial charge on any atom is -0.314 e. The molecule has 0 fully saturated rings. The first kappa shape index (κ1) is 18.1. The minimum absolute atomic E-state index is 0.176. The third-order valence-corrected chi connectivity index (χ3v) is 4.30. The molecule has 0 aliphatic rings. The van der Waals surface area contributed by atoms with Gasteiger partial charge in [-0.15, -0.1) is 0 Å². The van der Waals surface area contributed by atoms with Gasteiger partial charge in [0.25, 0.3) is 0 Å². The molecule has 1 N–H and O–H groups in total. The van der Waals surface area contributed by atoms with Crippen molar-refractivity contribution in [1.29, 1.82) is 0 Å². The zero-order valence-electron chi connectivity index (χ0n) is 14.0. The average molecular weight is 297 g/mol. The van der Waals surface area contributed by atoms with Gasteiger partial charge in [-0.3, -0.25) is 0 Å². The molecule has 0 saturated carbocycles. The van der Waals surface area contributed by atoms with Gasteiger partial charge in [0.05, 0.1) is 0 Å². The molecule has 120 valence electrons. The largest absolute Gasteiger partial charge is 0.314 e. The van der Waals surface area contributed by atoms with Crippen LogP contribution in [-0.2, 0) is 6.42 Å². The van der Waals surface area contributed by atoms with Gasteiger partial charge in [0.1, 0.15) is 0 Å². The van der Waals surface area contributed by atoms with E-state index in [1.54, 1.807) is 12.1 Å². The first-order valence-electron chi connectivity index (χ1n) is 7.92. The highest BCUT2D eigenvalue weighted by atomic mass is 19.2. The molecule has 1 aromatic carbocycles. The maximum atomic E-state index is 13.9. The maximum Gasteiger partial charge on any atom is 0.162 e. The van der Waals surface area contributed by atoms with Crippen molar-refractivity contribution < 1.29 is 8.78 Å². The fourth-order valence-corrected chi connectivity index (χ4v) is 2.34. The molecular formula is C18H29F2N. The molecule has 1 rings (SSSR count). The van der Waals surface area contributed by atoms with Gasteiger partial charge in [-0.2, -0.15) is 0 Å². The fraction of sp³-hybridized carbons (Fsp3) is 0.667. The summed E-state index contributed by atoms with van der Waals surface area (Å²) >= 11 is 0. The van der Waals surface area contributed by atoms with Gasteiger partial charge in [0.2, 0.25) is 0 Å². The van der Waals surface area contributed by atoms with Crippen LogP contribution in [0.25, 0.3) is 0 Å². The molecule has 1 aromatic rings. The second kappa shape index (κ2) is 7.88. The summed E-state index contributed by atoms with van der Waals surface area (Å²) in [5.41, 5.74) is 0.678. The van der Waals surface area contributed by atoms with Crippen molar-refractivity contribution in [3.8, 4) is 0 Å². The van der Waals surface area contributed by atoms with Crippen molar-refractivity contribution in [3.63, 3.8) is 0 Å². The summed E-state index contributed by atoms with van der Waals surface area (Å²) in [6.07, 6.45) is 2.52. The quantitative estimate of drug-likeness (QED) is 0.751. The van der Waals surface area contributed by atoms with Crippen molar-refractivity contribution in [1.82, 2.24) is 5.32 Å². The zero-order valence-corrected chi connectivity index (χ0v) is 14.0. The van der Waals surface area contributed by atoms with Gasteiger partial charge < -0.3 is 5.32 Å². The molecular weight excluding hydrogens is 268 g/mol. The van der Waals surface area contributed by atoms with Crippen molar-refractivity contribution in [2.45, 2.75) is 59.9 Å². The molecule has 0 amide bonds. The van der Waals surface area contributed by atoms with Crippen molar-refractivity contribution in [2.24, 2.45) is 11.3 Å². The molecule has 0 bridgehead atoms.